The highest BCUT2D eigenvalue weighted by Crippen LogP contribution is 2.17. The number of ketones is 1. The highest BCUT2D eigenvalue weighted by atomic mass is 16.3. The molecule has 0 spiro atoms. The first-order valence-corrected chi connectivity index (χ1v) is 3.27. The van der Waals surface area contributed by atoms with E-state index < -0.39 is 6.10 Å². The lowest BCUT2D eigenvalue weighted by Crippen LogP contribution is -2.00. The average molecular weight is 138 g/mol. The van der Waals surface area contributed by atoms with Gasteiger partial charge in [-0.3, -0.25) is 4.79 Å². The van der Waals surface area contributed by atoms with E-state index >= 15 is 0 Å². The Balaban J connectivity index is 2.65. The first-order chi connectivity index (χ1) is 4.74. The van der Waals surface area contributed by atoms with Crippen molar-refractivity contribution in [1.29, 1.82) is 0 Å². The molecule has 0 amide bonds. The van der Waals surface area contributed by atoms with Gasteiger partial charge >= 0.3 is 0 Å². The molecule has 0 aliphatic heterocycles. The van der Waals surface area contributed by atoms with E-state index in [9.17, 15) is 4.79 Å². The highest BCUT2D eigenvalue weighted by molar-refractivity contribution is 5.98. The van der Waals surface area contributed by atoms with Gasteiger partial charge in [-0.05, 0) is 18.1 Å². The topological polar surface area (TPSA) is 37.3 Å². The molecule has 54 valence electrons. The number of hydrogen-bond donors (Lipinski definition) is 1. The van der Waals surface area contributed by atoms with Gasteiger partial charge in [-0.2, -0.15) is 0 Å². The smallest absolute Gasteiger partial charge is 0.161 e. The van der Waals surface area contributed by atoms with E-state index in [1.807, 2.05) is 0 Å². The molecule has 10 heavy (non-hydrogen) atoms. The second-order valence-corrected chi connectivity index (χ2v) is 2.38. The van der Waals surface area contributed by atoms with Gasteiger partial charge in [-0.25, -0.2) is 0 Å². The number of carbonyl (C=O) groups is 1. The fourth-order valence-electron chi connectivity index (χ4n) is 1.04. The number of aliphatic hydroxyl groups is 1. The van der Waals surface area contributed by atoms with E-state index in [-0.39, 0.29) is 12.2 Å². The van der Waals surface area contributed by atoms with E-state index in [0.29, 0.717) is 12.0 Å². The van der Waals surface area contributed by atoms with Crippen molar-refractivity contribution < 1.29 is 9.90 Å². The summed E-state index contributed by atoms with van der Waals surface area (Å²) in [5, 5.41) is 8.97. The van der Waals surface area contributed by atoms with Crippen LogP contribution in [0, 0.1) is 0 Å². The lowest BCUT2D eigenvalue weighted by Gasteiger charge is -1.90. The van der Waals surface area contributed by atoms with Gasteiger partial charge in [-0.15, -0.1) is 6.58 Å². The monoisotopic (exact) mass is 138 g/mol. The SMILES string of the molecule is C=CCC1=CC(O)CC1=O. The van der Waals surface area contributed by atoms with Gasteiger partial charge in [0.2, 0.25) is 0 Å². The Bertz CT molecular complexity index is 191. The van der Waals surface area contributed by atoms with Crippen molar-refractivity contribution in [1.82, 2.24) is 0 Å². The van der Waals surface area contributed by atoms with Gasteiger partial charge in [0.05, 0.1) is 6.10 Å². The summed E-state index contributed by atoms with van der Waals surface area (Å²) in [5.41, 5.74) is 0.697. The van der Waals surface area contributed by atoms with Crippen LogP contribution in [0.15, 0.2) is 24.3 Å². The van der Waals surface area contributed by atoms with Crippen LogP contribution in [0.1, 0.15) is 12.8 Å². The minimum Gasteiger partial charge on any atom is -0.389 e. The number of Topliss-reactive ketones (excluding diaryl/α,β-unsaturated/α-hetero) is 1. The molecule has 0 aromatic heterocycles. The molecule has 1 aliphatic carbocycles. The molecule has 1 rings (SSSR count). The second kappa shape index (κ2) is 2.80. The van der Waals surface area contributed by atoms with Gasteiger partial charge < -0.3 is 5.11 Å². The standard InChI is InChI=1S/C8H10O2/c1-2-3-6-4-7(9)5-8(6)10/h2,4,7,9H,1,3,5H2. The molecule has 1 aliphatic rings. The van der Waals surface area contributed by atoms with E-state index in [2.05, 4.69) is 6.58 Å². The largest absolute Gasteiger partial charge is 0.389 e. The van der Waals surface area contributed by atoms with Gasteiger partial charge in [0.15, 0.2) is 5.78 Å². The fourth-order valence-corrected chi connectivity index (χ4v) is 1.04. The molecule has 2 heteroatoms. The lowest BCUT2D eigenvalue weighted by atomic mass is 10.1. The zero-order chi connectivity index (χ0) is 7.56. The predicted octanol–water partition coefficient (Wildman–Crippen LogP) is 0.823. The van der Waals surface area contributed by atoms with E-state index in [0.717, 1.165) is 0 Å². The van der Waals surface area contributed by atoms with Gasteiger partial charge in [0, 0.05) is 6.42 Å². The lowest BCUT2D eigenvalue weighted by molar-refractivity contribution is -0.115. The molecule has 0 aromatic rings. The number of aliphatic hydroxyl groups excluding tert-OH is 1. The molecule has 0 saturated heterocycles. The first kappa shape index (κ1) is 7.22. The quantitative estimate of drug-likeness (QED) is 0.574. The van der Waals surface area contributed by atoms with E-state index in [4.69, 9.17) is 5.11 Å². The maximum Gasteiger partial charge on any atom is 0.161 e. The molecule has 1 N–H and O–H groups in total. The Morgan fingerprint density at radius 1 is 1.90 bits per heavy atom. The Hall–Kier alpha value is -0.890. The Morgan fingerprint density at radius 2 is 2.60 bits per heavy atom. The summed E-state index contributed by atoms with van der Waals surface area (Å²) in [6.45, 7) is 3.51. The van der Waals surface area contributed by atoms with Crippen LogP contribution >= 0.6 is 0 Å². The zero-order valence-electron chi connectivity index (χ0n) is 5.71. The molecule has 0 heterocycles. The minimum absolute atomic E-state index is 0.0485. The normalized spacial score (nSPS) is 24.7. The van der Waals surface area contributed by atoms with Crippen LogP contribution in [0.5, 0.6) is 0 Å². The maximum atomic E-state index is 10.9. The van der Waals surface area contributed by atoms with Crippen molar-refractivity contribution in [2.45, 2.75) is 18.9 Å². The van der Waals surface area contributed by atoms with Crippen molar-refractivity contribution in [3.05, 3.63) is 24.3 Å². The van der Waals surface area contributed by atoms with Crippen molar-refractivity contribution >= 4 is 5.78 Å². The van der Waals surface area contributed by atoms with Crippen LogP contribution in [0.2, 0.25) is 0 Å². The third kappa shape index (κ3) is 1.33. The average Bonchev–Trinajstić information content (AvgIpc) is 2.13. The summed E-state index contributed by atoms with van der Waals surface area (Å²) < 4.78 is 0. The third-order valence-corrected chi connectivity index (χ3v) is 1.51. The van der Waals surface area contributed by atoms with E-state index in [1.54, 1.807) is 12.2 Å². The molecule has 2 nitrogen and oxygen atoms in total. The van der Waals surface area contributed by atoms with Crippen LogP contribution in [-0.2, 0) is 4.79 Å². The molecule has 1 atom stereocenters. The Kier molecular flexibility index (Phi) is 2.02. The van der Waals surface area contributed by atoms with Crippen molar-refractivity contribution in [2.75, 3.05) is 0 Å². The summed E-state index contributed by atoms with van der Waals surface area (Å²) in [4.78, 5) is 10.9. The molecular formula is C8H10O2. The summed E-state index contributed by atoms with van der Waals surface area (Å²) in [7, 11) is 0. The first-order valence-electron chi connectivity index (χ1n) is 3.27. The van der Waals surface area contributed by atoms with Crippen molar-refractivity contribution in [3.8, 4) is 0 Å². The molecule has 0 radical (unpaired) electrons. The number of rotatable bonds is 2. The fraction of sp³-hybridized carbons (Fsp3) is 0.375. The number of allylic oxidation sites excluding steroid dienone is 2. The molecule has 0 fully saturated rings. The predicted molar refractivity (Wildman–Crippen MR) is 38.5 cm³/mol. The van der Waals surface area contributed by atoms with Crippen molar-refractivity contribution in [3.63, 3.8) is 0 Å². The van der Waals surface area contributed by atoms with Crippen LogP contribution < -0.4 is 0 Å². The van der Waals surface area contributed by atoms with Crippen molar-refractivity contribution in [2.24, 2.45) is 0 Å². The van der Waals surface area contributed by atoms with Crippen LogP contribution in [0.25, 0.3) is 0 Å². The number of hydrogen-bond acceptors (Lipinski definition) is 2. The summed E-state index contributed by atoms with van der Waals surface area (Å²) in [6, 6.07) is 0. The summed E-state index contributed by atoms with van der Waals surface area (Å²) in [6.07, 6.45) is 3.55. The van der Waals surface area contributed by atoms with Gasteiger partial charge in [0.1, 0.15) is 0 Å². The Labute approximate surface area is 59.9 Å². The van der Waals surface area contributed by atoms with Crippen LogP contribution in [0.4, 0.5) is 0 Å². The van der Waals surface area contributed by atoms with Crippen LogP contribution in [0.3, 0.4) is 0 Å². The Morgan fingerprint density at radius 3 is 3.00 bits per heavy atom. The molecular weight excluding hydrogens is 128 g/mol. The van der Waals surface area contributed by atoms with Gasteiger partial charge in [0.25, 0.3) is 0 Å². The third-order valence-electron chi connectivity index (χ3n) is 1.51. The van der Waals surface area contributed by atoms with Crippen LogP contribution in [-0.4, -0.2) is 17.0 Å². The molecule has 0 saturated carbocycles. The van der Waals surface area contributed by atoms with E-state index in [1.165, 1.54) is 0 Å². The number of carbonyl (C=O) groups excluding carboxylic acids is 1. The maximum absolute atomic E-state index is 10.9. The summed E-state index contributed by atoms with van der Waals surface area (Å²) >= 11 is 0. The minimum atomic E-state index is -0.553. The molecule has 0 aromatic carbocycles. The molecule has 0 bridgehead atoms. The second-order valence-electron chi connectivity index (χ2n) is 2.38. The van der Waals surface area contributed by atoms with Gasteiger partial charge in [-0.1, -0.05) is 6.08 Å². The zero-order valence-corrected chi connectivity index (χ0v) is 5.71. The molecule has 1 unspecified atom stereocenters. The summed E-state index contributed by atoms with van der Waals surface area (Å²) in [5.74, 6) is 0.0485. The highest BCUT2D eigenvalue weighted by Gasteiger charge is 2.20.